The average Bonchev–Trinajstić information content (AvgIpc) is 2.68. The predicted octanol–water partition coefficient (Wildman–Crippen LogP) is 8.03. The molecule has 33 heavy (non-hydrogen) atoms. The fraction of sp³-hybridized carbons (Fsp3) is 0.733. The van der Waals surface area contributed by atoms with Crippen LogP contribution in [0.3, 0.4) is 0 Å². The number of carbonyl (C=O) groups excluding carboxylic acids is 2. The van der Waals surface area contributed by atoms with Gasteiger partial charge in [-0.05, 0) is 103 Å². The Morgan fingerprint density at radius 3 is 2.18 bits per heavy atom. The van der Waals surface area contributed by atoms with Gasteiger partial charge in [0.2, 0.25) is 0 Å². The molecule has 2 saturated carbocycles. The monoisotopic (exact) mass is 460 g/mol. The summed E-state index contributed by atoms with van der Waals surface area (Å²) in [5.74, 6) is 2.59. The molecule has 2 aliphatic rings. The first-order valence-corrected chi connectivity index (χ1v) is 13.0. The van der Waals surface area contributed by atoms with Gasteiger partial charge in [0.15, 0.2) is 5.78 Å². The van der Waals surface area contributed by atoms with Crippen molar-refractivity contribution in [1.82, 2.24) is 0 Å². The van der Waals surface area contributed by atoms with Crippen molar-refractivity contribution in [3.8, 4) is 0 Å². The summed E-state index contributed by atoms with van der Waals surface area (Å²) in [5.41, 5.74) is 4.80. The number of hydrogen-bond donors (Lipinski definition) is 1. The Hall–Kier alpha value is -1.48. The van der Waals surface area contributed by atoms with Crippen LogP contribution in [0.5, 0.6) is 0 Å². The fourth-order valence-corrected chi connectivity index (χ4v) is 4.47. The van der Waals surface area contributed by atoms with E-state index >= 15 is 0 Å². The number of ketones is 1. The van der Waals surface area contributed by atoms with E-state index in [1.165, 1.54) is 24.0 Å². The number of Topliss-reactive ketones (excluding diaryl/α,β-unsaturated/α-hetero) is 1. The first-order valence-electron chi connectivity index (χ1n) is 13.0. The quantitative estimate of drug-likeness (QED) is 0.248. The second kappa shape index (κ2) is 17.0. The summed E-state index contributed by atoms with van der Waals surface area (Å²) in [5, 5.41) is 9.65. The van der Waals surface area contributed by atoms with Crippen molar-refractivity contribution in [2.45, 2.75) is 119 Å². The zero-order valence-corrected chi connectivity index (χ0v) is 22.9. The number of allylic oxidation sites excluding steroid dienone is 4. The van der Waals surface area contributed by atoms with Gasteiger partial charge < -0.3 is 9.90 Å². The maximum Gasteiger partial charge on any atom is 0.159 e. The molecule has 0 saturated heterocycles. The van der Waals surface area contributed by atoms with Gasteiger partial charge in [-0.2, -0.15) is 0 Å². The van der Waals surface area contributed by atoms with Crippen molar-refractivity contribution >= 4 is 12.1 Å². The van der Waals surface area contributed by atoms with Crippen LogP contribution in [0.25, 0.3) is 0 Å². The molecule has 2 fully saturated rings. The second-order valence-corrected chi connectivity index (χ2v) is 11.1. The number of aliphatic hydroxyl groups excluding tert-OH is 1. The van der Waals surface area contributed by atoms with E-state index < -0.39 is 0 Å². The highest BCUT2D eigenvalue weighted by Crippen LogP contribution is 2.32. The standard InChI is InChI=1S/C10H18O.C10H16O.C10H18O/c2*1-7(2)9-5-4-8(3)6-10(9)11;1-9(2)5-4-6-10(3)7-8-11/h8-11H,1,4-6H2,2-3H3;8H,4-6H2,1-3H3;5,8,10H,4,6-7H2,1-3H3/t8-,9+,10-;8-;10-/m000/s1. The van der Waals surface area contributed by atoms with Crippen molar-refractivity contribution in [2.24, 2.45) is 23.7 Å². The van der Waals surface area contributed by atoms with E-state index in [-0.39, 0.29) is 6.10 Å². The Morgan fingerprint density at radius 1 is 1.09 bits per heavy atom. The van der Waals surface area contributed by atoms with Crippen LogP contribution in [0.15, 0.2) is 34.9 Å². The minimum absolute atomic E-state index is 0.128. The molecular weight excluding hydrogens is 408 g/mol. The molecule has 0 heterocycles. The van der Waals surface area contributed by atoms with Gasteiger partial charge in [-0.15, -0.1) is 0 Å². The molecule has 2 aliphatic carbocycles. The average molecular weight is 461 g/mol. The van der Waals surface area contributed by atoms with Gasteiger partial charge >= 0.3 is 0 Å². The van der Waals surface area contributed by atoms with Crippen LogP contribution in [0.4, 0.5) is 0 Å². The fourth-order valence-electron chi connectivity index (χ4n) is 4.47. The zero-order chi connectivity index (χ0) is 25.6. The topological polar surface area (TPSA) is 54.4 Å². The third-order valence-corrected chi connectivity index (χ3v) is 6.78. The lowest BCUT2D eigenvalue weighted by atomic mass is 9.78. The predicted molar refractivity (Wildman–Crippen MR) is 142 cm³/mol. The molecule has 0 aromatic rings. The number of hydrogen-bond acceptors (Lipinski definition) is 3. The summed E-state index contributed by atoms with van der Waals surface area (Å²) < 4.78 is 0. The molecule has 0 bridgehead atoms. The van der Waals surface area contributed by atoms with Crippen LogP contribution in [0.2, 0.25) is 0 Å². The minimum atomic E-state index is -0.128. The molecule has 0 amide bonds. The van der Waals surface area contributed by atoms with E-state index in [0.29, 0.717) is 35.9 Å². The van der Waals surface area contributed by atoms with Crippen molar-refractivity contribution in [2.75, 3.05) is 0 Å². The highest BCUT2D eigenvalue weighted by molar-refractivity contribution is 5.96. The molecule has 0 unspecified atom stereocenters. The molecule has 1 N–H and O–H groups in total. The third kappa shape index (κ3) is 14.4. The van der Waals surface area contributed by atoms with Crippen LogP contribution in [0, 0.1) is 23.7 Å². The van der Waals surface area contributed by atoms with Gasteiger partial charge in [0.05, 0.1) is 6.10 Å². The molecule has 0 aliphatic heterocycles. The highest BCUT2D eigenvalue weighted by atomic mass is 16.3. The van der Waals surface area contributed by atoms with E-state index in [1.54, 1.807) is 0 Å². The SMILES string of the molecule is C=C(C)[C@H]1CC[C@H](C)C[C@@H]1O.CC(C)=C1CC[C@H](C)CC1=O.CC(C)=CCC[C@H](C)CC=O. The maximum atomic E-state index is 11.4. The molecule has 5 atom stereocenters. The van der Waals surface area contributed by atoms with Gasteiger partial charge in [0.1, 0.15) is 6.29 Å². The number of carbonyl (C=O) groups is 2. The van der Waals surface area contributed by atoms with Crippen LogP contribution in [-0.2, 0) is 9.59 Å². The van der Waals surface area contributed by atoms with E-state index in [4.69, 9.17) is 0 Å². The van der Waals surface area contributed by atoms with Gasteiger partial charge in [0, 0.05) is 18.8 Å². The molecule has 3 nitrogen and oxygen atoms in total. The van der Waals surface area contributed by atoms with E-state index in [0.717, 1.165) is 56.0 Å². The van der Waals surface area contributed by atoms with Crippen molar-refractivity contribution < 1.29 is 14.7 Å². The maximum absolute atomic E-state index is 11.4. The Morgan fingerprint density at radius 2 is 1.73 bits per heavy atom. The van der Waals surface area contributed by atoms with Gasteiger partial charge in [-0.3, -0.25) is 4.79 Å². The molecular formula is C30H52O3. The number of aldehydes is 1. The Balaban J connectivity index is 0.000000465. The first-order chi connectivity index (χ1) is 15.4. The van der Waals surface area contributed by atoms with Crippen LogP contribution in [0.1, 0.15) is 113 Å². The smallest absolute Gasteiger partial charge is 0.159 e. The molecule has 0 aromatic heterocycles. The van der Waals surface area contributed by atoms with E-state index in [9.17, 15) is 14.7 Å². The Labute approximate surface area is 204 Å². The lowest BCUT2D eigenvalue weighted by molar-refractivity contribution is -0.117. The third-order valence-electron chi connectivity index (χ3n) is 6.78. The zero-order valence-electron chi connectivity index (χ0n) is 22.9. The molecule has 0 radical (unpaired) electrons. The largest absolute Gasteiger partial charge is 0.392 e. The second-order valence-electron chi connectivity index (χ2n) is 11.1. The first kappa shape index (κ1) is 31.5. The number of rotatable bonds is 6. The summed E-state index contributed by atoms with van der Waals surface area (Å²) in [6.07, 6.45) is 12.3. The summed E-state index contributed by atoms with van der Waals surface area (Å²) in [7, 11) is 0. The normalized spacial score (nSPS) is 25.5. The lowest BCUT2D eigenvalue weighted by Crippen LogP contribution is -2.28. The molecule has 190 valence electrons. The van der Waals surface area contributed by atoms with Crippen molar-refractivity contribution in [3.63, 3.8) is 0 Å². The van der Waals surface area contributed by atoms with Gasteiger partial charge in [-0.25, -0.2) is 0 Å². The molecule has 2 rings (SSSR count). The van der Waals surface area contributed by atoms with E-state index in [2.05, 4.69) is 47.3 Å². The van der Waals surface area contributed by atoms with Crippen LogP contribution < -0.4 is 0 Å². The summed E-state index contributed by atoms with van der Waals surface area (Å²) in [4.78, 5) is 21.5. The number of aliphatic hydroxyl groups is 1. The Bertz CT molecular complexity index is 660. The summed E-state index contributed by atoms with van der Waals surface area (Å²) >= 11 is 0. The van der Waals surface area contributed by atoms with E-state index in [1.807, 2.05) is 20.8 Å². The van der Waals surface area contributed by atoms with Crippen LogP contribution in [-0.4, -0.2) is 23.3 Å². The minimum Gasteiger partial charge on any atom is -0.392 e. The summed E-state index contributed by atoms with van der Waals surface area (Å²) in [6, 6.07) is 0. The highest BCUT2D eigenvalue weighted by Gasteiger charge is 2.26. The van der Waals surface area contributed by atoms with Gasteiger partial charge in [-0.1, -0.05) is 50.1 Å². The molecule has 0 aromatic carbocycles. The lowest BCUT2D eigenvalue weighted by Gasteiger charge is -2.31. The van der Waals surface area contributed by atoms with Crippen molar-refractivity contribution in [3.05, 3.63) is 34.9 Å². The Kier molecular flexibility index (Phi) is 16.3. The van der Waals surface area contributed by atoms with Gasteiger partial charge in [0.25, 0.3) is 0 Å². The van der Waals surface area contributed by atoms with Crippen LogP contribution >= 0.6 is 0 Å². The molecule has 3 heteroatoms. The summed E-state index contributed by atoms with van der Waals surface area (Å²) in [6.45, 7) is 20.7. The van der Waals surface area contributed by atoms with Crippen molar-refractivity contribution in [1.29, 1.82) is 0 Å². The molecule has 0 spiro atoms.